The third kappa shape index (κ3) is 4.42. The van der Waals surface area contributed by atoms with Crippen molar-refractivity contribution in [3.05, 3.63) is 99.6 Å². The van der Waals surface area contributed by atoms with Crippen molar-refractivity contribution >= 4 is 16.7 Å². The van der Waals surface area contributed by atoms with Crippen LogP contribution < -0.4 is 10.3 Å². The van der Waals surface area contributed by atoms with Gasteiger partial charge in [0.05, 0.1) is 23.2 Å². The summed E-state index contributed by atoms with van der Waals surface area (Å²) in [6, 6.07) is 19.8. The predicted octanol–water partition coefficient (Wildman–Crippen LogP) is 3.86. The number of halogens is 1. The molecule has 0 aliphatic carbocycles. The predicted molar refractivity (Wildman–Crippen MR) is 138 cm³/mol. The summed E-state index contributed by atoms with van der Waals surface area (Å²) in [6.07, 6.45) is 1.57. The number of methoxy groups -OCH3 is 1. The second-order valence-corrected chi connectivity index (χ2v) is 9.39. The summed E-state index contributed by atoms with van der Waals surface area (Å²) in [4.78, 5) is 13.3. The Morgan fingerprint density at radius 2 is 1.84 bits per heavy atom. The van der Waals surface area contributed by atoms with Crippen molar-refractivity contribution in [2.75, 3.05) is 20.3 Å². The highest BCUT2D eigenvalue weighted by molar-refractivity contribution is 5.78. The van der Waals surface area contributed by atoms with E-state index in [1.54, 1.807) is 23.8 Å². The molecule has 0 atom stereocenters. The number of hydrogen-bond acceptors (Lipinski definition) is 7. The standard InChI is InChI=1S/C28H26FN5O4/c1-36-28(10-12-37-13-11-28)21-5-3-7-23(16-21)38-18-20-8-9-24-25(15-20)33(17-19-4-2-6-22(29)14-19)27(35)26-30-31-32-34(24)26/h2-9,14-16H,10-13,17-18H2,1H3. The summed E-state index contributed by atoms with van der Waals surface area (Å²) in [7, 11) is 1.74. The first-order chi connectivity index (χ1) is 18.6. The molecule has 38 heavy (non-hydrogen) atoms. The SMILES string of the molecule is COC1(c2cccc(OCc3ccc4c(c3)n(Cc3cccc(F)c3)c(=O)c3nnnn34)c2)CCOCC1. The summed E-state index contributed by atoms with van der Waals surface area (Å²) in [5.74, 6) is 0.357. The molecule has 5 aromatic rings. The Morgan fingerprint density at radius 1 is 1.00 bits per heavy atom. The molecule has 3 heterocycles. The molecule has 1 fully saturated rings. The van der Waals surface area contributed by atoms with Gasteiger partial charge in [-0.3, -0.25) is 9.36 Å². The molecule has 2 aromatic heterocycles. The summed E-state index contributed by atoms with van der Waals surface area (Å²) in [6.45, 7) is 1.76. The lowest BCUT2D eigenvalue weighted by Crippen LogP contribution is -2.35. The zero-order chi connectivity index (χ0) is 26.1. The number of hydrogen-bond donors (Lipinski definition) is 0. The van der Waals surface area contributed by atoms with Crippen LogP contribution in [0.15, 0.2) is 71.5 Å². The number of fused-ring (bicyclic) bond motifs is 3. The van der Waals surface area contributed by atoms with Crippen molar-refractivity contribution in [2.24, 2.45) is 0 Å². The first kappa shape index (κ1) is 24.2. The van der Waals surface area contributed by atoms with E-state index in [0.29, 0.717) is 29.8 Å². The van der Waals surface area contributed by atoms with Crippen LogP contribution in [-0.4, -0.2) is 44.9 Å². The van der Waals surface area contributed by atoms with Gasteiger partial charge in [-0.25, -0.2) is 4.39 Å². The molecule has 6 rings (SSSR count). The minimum absolute atomic E-state index is 0.106. The highest BCUT2D eigenvalue weighted by Crippen LogP contribution is 2.37. The molecule has 3 aromatic carbocycles. The quantitative estimate of drug-likeness (QED) is 0.325. The van der Waals surface area contributed by atoms with Crippen molar-refractivity contribution in [3.63, 3.8) is 0 Å². The zero-order valence-electron chi connectivity index (χ0n) is 20.8. The Bertz CT molecular complexity index is 1680. The van der Waals surface area contributed by atoms with E-state index in [4.69, 9.17) is 14.2 Å². The average Bonchev–Trinajstić information content (AvgIpc) is 3.45. The van der Waals surface area contributed by atoms with Crippen molar-refractivity contribution in [2.45, 2.75) is 31.6 Å². The topological polar surface area (TPSA) is 92.8 Å². The molecule has 1 saturated heterocycles. The van der Waals surface area contributed by atoms with E-state index in [1.807, 2.05) is 36.4 Å². The first-order valence-corrected chi connectivity index (χ1v) is 12.4. The Hall–Kier alpha value is -4.15. The second kappa shape index (κ2) is 9.96. The van der Waals surface area contributed by atoms with Gasteiger partial charge in [-0.1, -0.05) is 30.3 Å². The molecule has 1 aliphatic heterocycles. The number of nitrogens with zero attached hydrogens (tertiary/aromatic N) is 5. The molecule has 194 valence electrons. The first-order valence-electron chi connectivity index (χ1n) is 12.4. The van der Waals surface area contributed by atoms with Crippen LogP contribution in [-0.2, 0) is 28.2 Å². The van der Waals surface area contributed by atoms with Crippen LogP contribution in [0.4, 0.5) is 4.39 Å². The fraction of sp³-hybridized carbons (Fsp3) is 0.286. The molecule has 0 unspecified atom stereocenters. The Morgan fingerprint density at radius 3 is 2.66 bits per heavy atom. The summed E-state index contributed by atoms with van der Waals surface area (Å²) in [5, 5.41) is 11.6. The summed E-state index contributed by atoms with van der Waals surface area (Å²) < 4.78 is 34.5. The lowest BCUT2D eigenvalue weighted by molar-refractivity contribution is -0.0948. The maximum Gasteiger partial charge on any atom is 0.298 e. The van der Waals surface area contributed by atoms with E-state index < -0.39 is 0 Å². The Kier molecular flexibility index (Phi) is 6.34. The molecule has 10 heteroatoms. The van der Waals surface area contributed by atoms with Crippen LogP contribution >= 0.6 is 0 Å². The number of aromatic nitrogens is 5. The van der Waals surface area contributed by atoms with Crippen molar-refractivity contribution < 1.29 is 18.6 Å². The van der Waals surface area contributed by atoms with Gasteiger partial charge in [-0.05, 0) is 63.5 Å². The van der Waals surface area contributed by atoms with Crippen molar-refractivity contribution in [1.29, 1.82) is 0 Å². The molecule has 0 spiro atoms. The molecule has 0 radical (unpaired) electrons. The van der Waals surface area contributed by atoms with Gasteiger partial charge in [0.1, 0.15) is 18.2 Å². The minimum Gasteiger partial charge on any atom is -0.489 e. The molecule has 0 amide bonds. The van der Waals surface area contributed by atoms with Gasteiger partial charge in [0, 0.05) is 33.2 Å². The van der Waals surface area contributed by atoms with Crippen LogP contribution in [0.3, 0.4) is 0 Å². The molecule has 0 bridgehead atoms. The summed E-state index contributed by atoms with van der Waals surface area (Å²) >= 11 is 0. The van der Waals surface area contributed by atoms with E-state index in [1.165, 1.54) is 16.6 Å². The lowest BCUT2D eigenvalue weighted by Gasteiger charge is -2.36. The fourth-order valence-electron chi connectivity index (χ4n) is 5.09. The van der Waals surface area contributed by atoms with E-state index >= 15 is 0 Å². The molecule has 0 saturated carbocycles. The van der Waals surface area contributed by atoms with Crippen LogP contribution in [0.5, 0.6) is 5.75 Å². The molecular weight excluding hydrogens is 489 g/mol. The number of ether oxygens (including phenoxy) is 3. The van der Waals surface area contributed by atoms with E-state index in [0.717, 1.165) is 29.7 Å². The third-order valence-electron chi connectivity index (χ3n) is 7.15. The van der Waals surface area contributed by atoms with Gasteiger partial charge in [0.25, 0.3) is 5.56 Å². The van der Waals surface area contributed by atoms with Gasteiger partial charge in [0.15, 0.2) is 0 Å². The van der Waals surface area contributed by atoms with Gasteiger partial charge < -0.3 is 14.2 Å². The van der Waals surface area contributed by atoms with Crippen molar-refractivity contribution in [1.82, 2.24) is 24.6 Å². The van der Waals surface area contributed by atoms with E-state index in [-0.39, 0.29) is 35.8 Å². The van der Waals surface area contributed by atoms with Crippen molar-refractivity contribution in [3.8, 4) is 5.75 Å². The molecular formula is C28H26FN5O4. The lowest BCUT2D eigenvalue weighted by atomic mass is 9.86. The monoisotopic (exact) mass is 515 g/mol. The maximum atomic E-state index is 13.9. The normalized spacial score (nSPS) is 15.2. The fourth-order valence-corrected chi connectivity index (χ4v) is 5.09. The Labute approximate surface area is 217 Å². The van der Waals surface area contributed by atoms with E-state index in [2.05, 4.69) is 21.6 Å². The third-order valence-corrected chi connectivity index (χ3v) is 7.15. The van der Waals surface area contributed by atoms with Crippen LogP contribution in [0.1, 0.15) is 29.5 Å². The number of benzene rings is 3. The molecule has 9 nitrogen and oxygen atoms in total. The molecule has 1 aliphatic rings. The number of rotatable bonds is 7. The number of tetrazole rings is 1. The maximum absolute atomic E-state index is 13.9. The average molecular weight is 516 g/mol. The highest BCUT2D eigenvalue weighted by atomic mass is 19.1. The van der Waals surface area contributed by atoms with Gasteiger partial charge >= 0.3 is 0 Å². The molecule has 0 N–H and O–H groups in total. The van der Waals surface area contributed by atoms with Gasteiger partial charge in [-0.2, -0.15) is 4.52 Å². The van der Waals surface area contributed by atoms with Crippen LogP contribution in [0.2, 0.25) is 0 Å². The largest absolute Gasteiger partial charge is 0.489 e. The van der Waals surface area contributed by atoms with E-state index in [9.17, 15) is 9.18 Å². The zero-order valence-corrected chi connectivity index (χ0v) is 20.8. The van der Waals surface area contributed by atoms with Gasteiger partial charge in [0.2, 0.25) is 5.65 Å². The highest BCUT2D eigenvalue weighted by Gasteiger charge is 2.34. The minimum atomic E-state index is -0.384. The second-order valence-electron chi connectivity index (χ2n) is 9.39. The van der Waals surface area contributed by atoms with Gasteiger partial charge in [-0.15, -0.1) is 5.10 Å². The Balaban J connectivity index is 1.33. The van der Waals surface area contributed by atoms with Crippen LogP contribution in [0.25, 0.3) is 16.7 Å². The smallest absolute Gasteiger partial charge is 0.298 e. The summed E-state index contributed by atoms with van der Waals surface area (Å²) in [5.41, 5.74) is 3.21. The van der Waals surface area contributed by atoms with Crippen LogP contribution in [0, 0.1) is 5.82 Å².